The zero-order valence-electron chi connectivity index (χ0n) is 14.7. The van der Waals surface area contributed by atoms with Crippen LogP contribution in [0.5, 0.6) is 0 Å². The first kappa shape index (κ1) is 19.0. The minimum absolute atomic E-state index is 0.193. The fourth-order valence-corrected chi connectivity index (χ4v) is 4.08. The summed E-state index contributed by atoms with van der Waals surface area (Å²) in [6, 6.07) is 18.5. The third-order valence-corrected chi connectivity index (χ3v) is 5.66. The highest BCUT2D eigenvalue weighted by Crippen LogP contribution is 2.23. The first-order chi connectivity index (χ1) is 13.6. The van der Waals surface area contributed by atoms with Gasteiger partial charge in [-0.2, -0.15) is 0 Å². The molecule has 0 aliphatic rings. The number of nitrogens with zero attached hydrogens (tertiary/aromatic N) is 3. The summed E-state index contributed by atoms with van der Waals surface area (Å²) in [7, 11) is 0. The van der Waals surface area contributed by atoms with Crippen LogP contribution in [0.2, 0.25) is 10.0 Å². The Labute approximate surface area is 176 Å². The van der Waals surface area contributed by atoms with Crippen molar-refractivity contribution < 1.29 is 0 Å². The number of thioether (sulfide) groups is 1. The van der Waals surface area contributed by atoms with E-state index in [4.69, 9.17) is 23.2 Å². The molecule has 0 aliphatic heterocycles. The van der Waals surface area contributed by atoms with Crippen LogP contribution in [0.25, 0.3) is 16.7 Å². The standard InChI is InChI=1S/C21H15Cl2N3OS/c22-15-5-3-14(4-6-15)11-13-28-21-25-18-2-1-12-24-19(18)20(27)26(21)17-9-7-16(23)8-10-17/h1-10,12H,11,13H2. The van der Waals surface area contributed by atoms with Crippen molar-refractivity contribution in [3.8, 4) is 5.69 Å². The van der Waals surface area contributed by atoms with Crippen LogP contribution < -0.4 is 5.56 Å². The van der Waals surface area contributed by atoms with Gasteiger partial charge in [0.2, 0.25) is 0 Å². The van der Waals surface area contributed by atoms with E-state index in [0.717, 1.165) is 17.2 Å². The van der Waals surface area contributed by atoms with Gasteiger partial charge in [0.25, 0.3) is 5.56 Å². The summed E-state index contributed by atoms with van der Waals surface area (Å²) in [6.07, 6.45) is 2.44. The fraction of sp³-hybridized carbons (Fsp3) is 0.0952. The number of pyridine rings is 1. The second-order valence-electron chi connectivity index (χ2n) is 6.11. The maximum atomic E-state index is 13.1. The summed E-state index contributed by atoms with van der Waals surface area (Å²) >= 11 is 13.5. The molecule has 0 amide bonds. The Bertz CT molecular complexity index is 1180. The predicted octanol–water partition coefficient (Wildman–Crippen LogP) is 5.42. The van der Waals surface area contributed by atoms with Gasteiger partial charge in [0.1, 0.15) is 0 Å². The van der Waals surface area contributed by atoms with Crippen molar-refractivity contribution in [3.05, 3.63) is 92.8 Å². The molecule has 0 aliphatic carbocycles. The summed E-state index contributed by atoms with van der Waals surface area (Å²) in [5, 5.41) is 1.96. The van der Waals surface area contributed by atoms with E-state index in [1.165, 1.54) is 17.3 Å². The minimum Gasteiger partial charge on any atom is -0.266 e. The first-order valence-electron chi connectivity index (χ1n) is 8.63. The molecule has 0 fully saturated rings. The molecule has 0 radical (unpaired) electrons. The summed E-state index contributed by atoms with van der Waals surface area (Å²) in [4.78, 5) is 22.0. The van der Waals surface area contributed by atoms with Crippen LogP contribution in [0.3, 0.4) is 0 Å². The molecular formula is C21H15Cl2N3OS. The van der Waals surface area contributed by atoms with E-state index in [1.807, 2.05) is 36.4 Å². The van der Waals surface area contributed by atoms with Crippen LogP contribution in [0, 0.1) is 0 Å². The monoisotopic (exact) mass is 427 g/mol. The van der Waals surface area contributed by atoms with E-state index in [-0.39, 0.29) is 5.56 Å². The van der Waals surface area contributed by atoms with Gasteiger partial charge in [-0.25, -0.2) is 9.97 Å². The number of hydrogen-bond acceptors (Lipinski definition) is 4. The second kappa shape index (κ2) is 8.35. The van der Waals surface area contributed by atoms with Gasteiger partial charge in [-0.1, -0.05) is 47.1 Å². The van der Waals surface area contributed by atoms with E-state index in [9.17, 15) is 4.79 Å². The highest BCUT2D eigenvalue weighted by Gasteiger charge is 2.14. The van der Waals surface area contributed by atoms with Gasteiger partial charge in [0.05, 0.1) is 11.2 Å². The molecule has 0 atom stereocenters. The normalized spacial score (nSPS) is 11.1. The van der Waals surface area contributed by atoms with Crippen LogP contribution in [0.15, 0.2) is 76.8 Å². The van der Waals surface area contributed by atoms with E-state index < -0.39 is 0 Å². The summed E-state index contributed by atoms with van der Waals surface area (Å²) in [5.74, 6) is 0.771. The van der Waals surface area contributed by atoms with Crippen LogP contribution in [-0.2, 0) is 6.42 Å². The Morgan fingerprint density at radius 1 is 0.929 bits per heavy atom. The lowest BCUT2D eigenvalue weighted by atomic mass is 10.2. The molecule has 2 heterocycles. The second-order valence-corrected chi connectivity index (χ2v) is 8.04. The number of hydrogen-bond donors (Lipinski definition) is 0. The van der Waals surface area contributed by atoms with Crippen LogP contribution in [0.4, 0.5) is 0 Å². The molecule has 2 aromatic heterocycles. The summed E-state index contributed by atoms with van der Waals surface area (Å²) in [5.41, 5.74) is 2.64. The summed E-state index contributed by atoms with van der Waals surface area (Å²) < 4.78 is 1.60. The quantitative estimate of drug-likeness (QED) is 0.315. The van der Waals surface area contributed by atoms with Crippen molar-refractivity contribution in [3.63, 3.8) is 0 Å². The van der Waals surface area contributed by atoms with Gasteiger partial charge in [-0.05, 0) is 60.5 Å². The number of aryl methyl sites for hydroxylation is 1. The van der Waals surface area contributed by atoms with Gasteiger partial charge in [-0.3, -0.25) is 9.36 Å². The molecule has 4 nitrogen and oxygen atoms in total. The van der Waals surface area contributed by atoms with Crippen molar-refractivity contribution in [2.45, 2.75) is 11.6 Å². The van der Waals surface area contributed by atoms with Crippen molar-refractivity contribution in [1.82, 2.24) is 14.5 Å². The molecular weight excluding hydrogens is 413 g/mol. The van der Waals surface area contributed by atoms with Crippen molar-refractivity contribution in [2.24, 2.45) is 0 Å². The van der Waals surface area contributed by atoms with Gasteiger partial charge >= 0.3 is 0 Å². The average Bonchev–Trinajstić information content (AvgIpc) is 2.71. The third kappa shape index (κ3) is 4.07. The number of fused-ring (bicyclic) bond motifs is 1. The van der Waals surface area contributed by atoms with Gasteiger partial charge < -0.3 is 0 Å². The Hall–Kier alpha value is -2.34. The number of rotatable bonds is 5. The third-order valence-electron chi connectivity index (χ3n) is 4.22. The highest BCUT2D eigenvalue weighted by molar-refractivity contribution is 7.99. The SMILES string of the molecule is O=c1c2ncccc2nc(SCCc2ccc(Cl)cc2)n1-c1ccc(Cl)cc1. The maximum absolute atomic E-state index is 13.1. The van der Waals surface area contributed by atoms with Crippen LogP contribution >= 0.6 is 35.0 Å². The summed E-state index contributed by atoms with van der Waals surface area (Å²) in [6.45, 7) is 0. The molecule has 4 aromatic rings. The fourth-order valence-electron chi connectivity index (χ4n) is 2.82. The first-order valence-corrected chi connectivity index (χ1v) is 10.4. The van der Waals surface area contributed by atoms with Gasteiger partial charge in [-0.15, -0.1) is 0 Å². The molecule has 0 N–H and O–H groups in total. The van der Waals surface area contributed by atoms with Crippen LogP contribution in [-0.4, -0.2) is 20.3 Å². The lowest BCUT2D eigenvalue weighted by Crippen LogP contribution is -2.22. The Morgan fingerprint density at radius 3 is 2.32 bits per heavy atom. The predicted molar refractivity (Wildman–Crippen MR) is 116 cm³/mol. The molecule has 0 saturated carbocycles. The van der Waals surface area contributed by atoms with Crippen molar-refractivity contribution in [1.29, 1.82) is 0 Å². The molecule has 0 unspecified atom stereocenters. The van der Waals surface area contributed by atoms with Crippen molar-refractivity contribution in [2.75, 3.05) is 5.75 Å². The smallest absolute Gasteiger partial charge is 0.266 e. The maximum Gasteiger partial charge on any atom is 0.285 e. The molecule has 4 rings (SSSR count). The zero-order chi connectivity index (χ0) is 19.5. The number of halogens is 2. The molecule has 0 saturated heterocycles. The van der Waals surface area contributed by atoms with E-state index in [2.05, 4.69) is 9.97 Å². The largest absolute Gasteiger partial charge is 0.285 e. The molecule has 0 spiro atoms. The molecule has 2 aromatic carbocycles. The zero-order valence-corrected chi connectivity index (χ0v) is 17.0. The molecule has 7 heteroatoms. The van der Waals surface area contributed by atoms with Gasteiger partial charge in [0.15, 0.2) is 10.7 Å². The van der Waals surface area contributed by atoms with Crippen molar-refractivity contribution >= 4 is 46.0 Å². The average molecular weight is 428 g/mol. The van der Waals surface area contributed by atoms with E-state index in [0.29, 0.717) is 26.9 Å². The number of aromatic nitrogens is 3. The van der Waals surface area contributed by atoms with Crippen LogP contribution in [0.1, 0.15) is 5.56 Å². The lowest BCUT2D eigenvalue weighted by molar-refractivity contribution is 0.815. The molecule has 0 bridgehead atoms. The minimum atomic E-state index is -0.193. The topological polar surface area (TPSA) is 47.8 Å². The Morgan fingerprint density at radius 2 is 1.61 bits per heavy atom. The van der Waals surface area contributed by atoms with E-state index >= 15 is 0 Å². The Balaban J connectivity index is 1.71. The molecule has 28 heavy (non-hydrogen) atoms. The number of benzene rings is 2. The Kier molecular flexibility index (Phi) is 5.67. The lowest BCUT2D eigenvalue weighted by Gasteiger charge is -2.13. The van der Waals surface area contributed by atoms with E-state index in [1.54, 1.807) is 35.0 Å². The highest BCUT2D eigenvalue weighted by atomic mass is 35.5. The molecule has 140 valence electrons. The van der Waals surface area contributed by atoms with Gasteiger partial charge in [0, 0.05) is 22.0 Å².